The third kappa shape index (κ3) is 33.4. The van der Waals surface area contributed by atoms with Crippen LogP contribution in [0.2, 0.25) is 0 Å². The number of carbonyl (C=O) groups is 2. The van der Waals surface area contributed by atoms with Gasteiger partial charge in [0.25, 0.3) is 5.97 Å². The standard InChI is InChI=1S/C18H32O.C2H4O2/c1-2-3-4-5-6-7-8-9-10-11-12-13-14-15-16-17-18-19;1-2(3)4/h4-5,7-8,18H,2-3,6,9-17H2,1H3;1H3,(H,3,4)/b5-4+,8-7+;. The summed E-state index contributed by atoms with van der Waals surface area (Å²) in [6, 6.07) is 0. The van der Waals surface area contributed by atoms with Gasteiger partial charge in [0, 0.05) is 13.3 Å². The number of allylic oxidation sites excluding steroid dienone is 4. The van der Waals surface area contributed by atoms with Gasteiger partial charge in [-0.05, 0) is 32.1 Å². The van der Waals surface area contributed by atoms with Crippen LogP contribution in [0.1, 0.15) is 90.9 Å². The van der Waals surface area contributed by atoms with Crippen LogP contribution in [0.3, 0.4) is 0 Å². The third-order valence-corrected chi connectivity index (χ3v) is 3.25. The SMILES string of the molecule is CC(=O)O.CCC/C=C/C/C=C/CCCCCCCCCC=O. The van der Waals surface area contributed by atoms with Gasteiger partial charge in [0.15, 0.2) is 0 Å². The molecule has 0 heterocycles. The predicted molar refractivity (Wildman–Crippen MR) is 98.7 cm³/mol. The number of carboxylic acids is 1. The summed E-state index contributed by atoms with van der Waals surface area (Å²) in [6.07, 6.45) is 24.7. The fourth-order valence-electron chi connectivity index (χ4n) is 2.05. The van der Waals surface area contributed by atoms with Crippen LogP contribution in [0.5, 0.6) is 0 Å². The highest BCUT2D eigenvalue weighted by Crippen LogP contribution is 2.09. The summed E-state index contributed by atoms with van der Waals surface area (Å²) < 4.78 is 0. The van der Waals surface area contributed by atoms with E-state index in [4.69, 9.17) is 9.90 Å². The van der Waals surface area contributed by atoms with E-state index in [1.165, 1.54) is 57.8 Å². The molecule has 0 aliphatic carbocycles. The highest BCUT2D eigenvalue weighted by Gasteiger charge is 1.91. The first-order valence-corrected chi connectivity index (χ1v) is 9.08. The molecule has 0 spiro atoms. The Balaban J connectivity index is 0. The summed E-state index contributed by atoms with van der Waals surface area (Å²) in [5.74, 6) is -0.833. The molecule has 0 aromatic rings. The van der Waals surface area contributed by atoms with Crippen LogP contribution in [0, 0.1) is 0 Å². The Kier molecular flexibility index (Phi) is 23.8. The van der Waals surface area contributed by atoms with Crippen LogP contribution in [-0.4, -0.2) is 17.4 Å². The Hall–Kier alpha value is -1.38. The molecule has 134 valence electrons. The monoisotopic (exact) mass is 324 g/mol. The van der Waals surface area contributed by atoms with Crippen molar-refractivity contribution in [2.45, 2.75) is 90.9 Å². The number of carboxylic acid groups (broad SMARTS) is 1. The van der Waals surface area contributed by atoms with E-state index in [0.717, 1.165) is 32.5 Å². The minimum atomic E-state index is -0.833. The minimum absolute atomic E-state index is 0.748. The molecule has 3 nitrogen and oxygen atoms in total. The summed E-state index contributed by atoms with van der Waals surface area (Å²) in [6.45, 7) is 3.29. The number of rotatable bonds is 14. The molecular weight excluding hydrogens is 288 g/mol. The van der Waals surface area contributed by atoms with Crippen molar-refractivity contribution in [2.75, 3.05) is 0 Å². The van der Waals surface area contributed by atoms with Gasteiger partial charge in [-0.25, -0.2) is 0 Å². The van der Waals surface area contributed by atoms with E-state index in [1.807, 2.05) is 0 Å². The quantitative estimate of drug-likeness (QED) is 0.239. The van der Waals surface area contributed by atoms with Gasteiger partial charge in [-0.2, -0.15) is 0 Å². The molecule has 0 atom stereocenters. The van der Waals surface area contributed by atoms with Gasteiger partial charge in [-0.1, -0.05) is 69.8 Å². The maximum atomic E-state index is 10.1. The molecular formula is C20H36O3. The number of hydrogen-bond acceptors (Lipinski definition) is 2. The second-order valence-corrected chi connectivity index (χ2v) is 5.71. The molecule has 0 aliphatic heterocycles. The van der Waals surface area contributed by atoms with Crippen LogP contribution >= 0.6 is 0 Å². The summed E-state index contributed by atoms with van der Waals surface area (Å²) in [5.41, 5.74) is 0. The van der Waals surface area contributed by atoms with Crippen molar-refractivity contribution in [2.24, 2.45) is 0 Å². The number of aliphatic carboxylic acids is 1. The van der Waals surface area contributed by atoms with E-state index in [9.17, 15) is 4.79 Å². The average molecular weight is 325 g/mol. The lowest BCUT2D eigenvalue weighted by molar-refractivity contribution is -0.134. The van der Waals surface area contributed by atoms with Crippen molar-refractivity contribution in [3.63, 3.8) is 0 Å². The van der Waals surface area contributed by atoms with Crippen molar-refractivity contribution in [1.82, 2.24) is 0 Å². The summed E-state index contributed by atoms with van der Waals surface area (Å²) in [4.78, 5) is 19.1. The third-order valence-electron chi connectivity index (χ3n) is 3.25. The van der Waals surface area contributed by atoms with Gasteiger partial charge < -0.3 is 9.90 Å². The highest BCUT2D eigenvalue weighted by atomic mass is 16.4. The van der Waals surface area contributed by atoms with Crippen molar-refractivity contribution in [3.8, 4) is 0 Å². The number of unbranched alkanes of at least 4 members (excludes halogenated alkanes) is 9. The first-order chi connectivity index (χ1) is 11.1. The fourth-order valence-corrected chi connectivity index (χ4v) is 2.05. The van der Waals surface area contributed by atoms with Crippen LogP contribution in [0.15, 0.2) is 24.3 Å². The topological polar surface area (TPSA) is 54.4 Å². The second-order valence-electron chi connectivity index (χ2n) is 5.71. The lowest BCUT2D eigenvalue weighted by Crippen LogP contribution is -1.81. The first kappa shape index (κ1) is 23.9. The van der Waals surface area contributed by atoms with Gasteiger partial charge in [0.1, 0.15) is 6.29 Å². The molecule has 0 saturated heterocycles. The van der Waals surface area contributed by atoms with Crippen molar-refractivity contribution >= 4 is 12.3 Å². The second kappa shape index (κ2) is 22.9. The Morgan fingerprint density at radius 2 is 1.22 bits per heavy atom. The van der Waals surface area contributed by atoms with Gasteiger partial charge in [-0.3, -0.25) is 4.79 Å². The van der Waals surface area contributed by atoms with Gasteiger partial charge in [0.05, 0.1) is 0 Å². The maximum absolute atomic E-state index is 10.1. The lowest BCUT2D eigenvalue weighted by Gasteiger charge is -1.99. The zero-order valence-corrected chi connectivity index (χ0v) is 15.1. The van der Waals surface area contributed by atoms with E-state index in [-0.39, 0.29) is 0 Å². The summed E-state index contributed by atoms with van der Waals surface area (Å²) >= 11 is 0. The average Bonchev–Trinajstić information content (AvgIpc) is 2.50. The van der Waals surface area contributed by atoms with E-state index in [1.54, 1.807) is 0 Å². The van der Waals surface area contributed by atoms with Gasteiger partial charge >= 0.3 is 0 Å². The molecule has 0 saturated carbocycles. The molecule has 0 aromatic carbocycles. The minimum Gasteiger partial charge on any atom is -0.481 e. The normalized spacial score (nSPS) is 10.7. The van der Waals surface area contributed by atoms with Crippen LogP contribution in [-0.2, 0) is 9.59 Å². The molecule has 0 radical (unpaired) electrons. The number of aldehydes is 1. The van der Waals surface area contributed by atoms with E-state index >= 15 is 0 Å². The Labute approximate surface area is 142 Å². The number of hydrogen-bond donors (Lipinski definition) is 1. The molecule has 1 N–H and O–H groups in total. The van der Waals surface area contributed by atoms with Crippen LogP contribution in [0.4, 0.5) is 0 Å². The molecule has 0 fully saturated rings. The van der Waals surface area contributed by atoms with E-state index in [2.05, 4.69) is 31.2 Å². The van der Waals surface area contributed by atoms with Crippen molar-refractivity contribution in [3.05, 3.63) is 24.3 Å². The number of carbonyl (C=O) groups excluding carboxylic acids is 1. The predicted octanol–water partition coefficient (Wildman–Crippen LogP) is 6.09. The Morgan fingerprint density at radius 1 is 0.783 bits per heavy atom. The Morgan fingerprint density at radius 3 is 1.70 bits per heavy atom. The molecule has 0 rings (SSSR count). The largest absolute Gasteiger partial charge is 0.481 e. The Bertz CT molecular complexity index is 302. The molecule has 0 aromatic heterocycles. The van der Waals surface area contributed by atoms with Crippen molar-refractivity contribution < 1.29 is 14.7 Å². The maximum Gasteiger partial charge on any atom is 0.300 e. The molecule has 0 aliphatic rings. The summed E-state index contributed by atoms with van der Waals surface area (Å²) in [7, 11) is 0. The highest BCUT2D eigenvalue weighted by molar-refractivity contribution is 5.62. The first-order valence-electron chi connectivity index (χ1n) is 9.08. The van der Waals surface area contributed by atoms with Crippen LogP contribution < -0.4 is 0 Å². The summed E-state index contributed by atoms with van der Waals surface area (Å²) in [5, 5.41) is 7.42. The molecule has 23 heavy (non-hydrogen) atoms. The van der Waals surface area contributed by atoms with Crippen LogP contribution in [0.25, 0.3) is 0 Å². The van der Waals surface area contributed by atoms with Gasteiger partial charge in [0.2, 0.25) is 0 Å². The molecule has 3 heteroatoms. The lowest BCUT2D eigenvalue weighted by atomic mass is 10.1. The zero-order valence-electron chi connectivity index (χ0n) is 15.1. The smallest absolute Gasteiger partial charge is 0.300 e. The fraction of sp³-hybridized carbons (Fsp3) is 0.700. The van der Waals surface area contributed by atoms with E-state index < -0.39 is 5.97 Å². The van der Waals surface area contributed by atoms with Crippen molar-refractivity contribution in [1.29, 1.82) is 0 Å². The molecule has 0 unspecified atom stereocenters. The molecule has 0 amide bonds. The molecule has 0 bridgehead atoms. The zero-order chi connectivity index (χ0) is 17.6. The van der Waals surface area contributed by atoms with E-state index in [0.29, 0.717) is 0 Å². The van der Waals surface area contributed by atoms with Gasteiger partial charge in [-0.15, -0.1) is 0 Å².